The highest BCUT2D eigenvalue weighted by molar-refractivity contribution is 5.90. The molecule has 164 valence electrons. The van der Waals surface area contributed by atoms with Crippen LogP contribution in [0, 0.1) is 11.7 Å². The summed E-state index contributed by atoms with van der Waals surface area (Å²) in [5.74, 6) is 0.148. The van der Waals surface area contributed by atoms with E-state index in [-0.39, 0.29) is 24.4 Å². The number of carbonyl (C=O) groups excluding carboxylic acids is 1. The Balaban J connectivity index is 1.87. The monoisotopic (exact) mass is 426 g/mol. The zero-order valence-electron chi connectivity index (χ0n) is 18.0. The summed E-state index contributed by atoms with van der Waals surface area (Å²) in [6, 6.07) is 13.6. The third-order valence-corrected chi connectivity index (χ3v) is 4.35. The molecule has 0 aliphatic carbocycles. The maximum absolute atomic E-state index is 14.5. The minimum absolute atomic E-state index is 0.0412. The SMILES string of the molecule is CCOCCOc1nc(-c2ccccc2F)n(-c2ccc(NC(=O)CC(C)C)cc2)n1. The third-order valence-electron chi connectivity index (χ3n) is 4.35. The van der Waals surface area contributed by atoms with Crippen molar-refractivity contribution >= 4 is 11.6 Å². The number of halogens is 1. The summed E-state index contributed by atoms with van der Waals surface area (Å²) in [5.41, 5.74) is 1.64. The molecule has 0 atom stereocenters. The number of anilines is 1. The van der Waals surface area contributed by atoms with Crippen LogP contribution in [-0.4, -0.2) is 40.5 Å². The average Bonchev–Trinajstić information content (AvgIpc) is 3.15. The van der Waals surface area contributed by atoms with Crippen LogP contribution < -0.4 is 10.1 Å². The van der Waals surface area contributed by atoms with E-state index >= 15 is 0 Å². The molecule has 8 heteroatoms. The van der Waals surface area contributed by atoms with Crippen molar-refractivity contribution < 1.29 is 18.7 Å². The van der Waals surface area contributed by atoms with Crippen LogP contribution in [0.1, 0.15) is 27.2 Å². The lowest BCUT2D eigenvalue weighted by Crippen LogP contribution is -2.13. The Labute approximate surface area is 181 Å². The molecule has 1 amide bonds. The number of rotatable bonds is 10. The number of benzene rings is 2. The molecule has 0 unspecified atom stereocenters. The number of carbonyl (C=O) groups is 1. The highest BCUT2D eigenvalue weighted by Gasteiger charge is 2.18. The number of ether oxygens (including phenoxy) is 2. The summed E-state index contributed by atoms with van der Waals surface area (Å²) in [6.45, 7) is 7.17. The van der Waals surface area contributed by atoms with E-state index < -0.39 is 5.82 Å². The largest absolute Gasteiger partial charge is 0.460 e. The highest BCUT2D eigenvalue weighted by Crippen LogP contribution is 2.26. The summed E-state index contributed by atoms with van der Waals surface area (Å²) in [7, 11) is 0. The maximum atomic E-state index is 14.5. The van der Waals surface area contributed by atoms with E-state index in [1.165, 1.54) is 10.7 Å². The Morgan fingerprint density at radius 1 is 1.13 bits per heavy atom. The summed E-state index contributed by atoms with van der Waals surface area (Å²) in [6.07, 6.45) is 0.449. The fourth-order valence-electron chi connectivity index (χ4n) is 2.96. The maximum Gasteiger partial charge on any atom is 0.336 e. The van der Waals surface area contributed by atoms with Crippen molar-refractivity contribution in [3.63, 3.8) is 0 Å². The minimum Gasteiger partial charge on any atom is -0.460 e. The molecule has 0 fully saturated rings. The summed E-state index contributed by atoms with van der Waals surface area (Å²) >= 11 is 0. The number of hydrogen-bond acceptors (Lipinski definition) is 5. The van der Waals surface area contributed by atoms with Gasteiger partial charge in [-0.3, -0.25) is 4.79 Å². The fourth-order valence-corrected chi connectivity index (χ4v) is 2.96. The van der Waals surface area contributed by atoms with Crippen molar-refractivity contribution in [2.75, 3.05) is 25.1 Å². The van der Waals surface area contributed by atoms with Gasteiger partial charge in [0.15, 0.2) is 5.82 Å². The molecule has 2 aromatic carbocycles. The zero-order chi connectivity index (χ0) is 22.2. The molecule has 3 rings (SSSR count). The van der Waals surface area contributed by atoms with Gasteiger partial charge in [0, 0.05) is 18.7 Å². The molecule has 0 spiro atoms. The van der Waals surface area contributed by atoms with Crippen LogP contribution in [0.2, 0.25) is 0 Å². The molecule has 0 aliphatic heterocycles. The van der Waals surface area contributed by atoms with Crippen molar-refractivity contribution in [1.29, 1.82) is 0 Å². The van der Waals surface area contributed by atoms with Crippen molar-refractivity contribution in [2.24, 2.45) is 5.92 Å². The molecule has 0 saturated heterocycles. The van der Waals surface area contributed by atoms with E-state index in [2.05, 4.69) is 15.4 Å². The van der Waals surface area contributed by atoms with Crippen LogP contribution in [0.4, 0.5) is 10.1 Å². The molecule has 1 N–H and O–H groups in total. The number of nitrogens with one attached hydrogen (secondary N) is 1. The van der Waals surface area contributed by atoms with Crippen molar-refractivity contribution in [2.45, 2.75) is 27.2 Å². The van der Waals surface area contributed by atoms with E-state index in [1.54, 1.807) is 42.5 Å². The molecule has 0 radical (unpaired) electrons. The van der Waals surface area contributed by atoms with E-state index in [0.717, 1.165) is 0 Å². The van der Waals surface area contributed by atoms with Gasteiger partial charge in [0.2, 0.25) is 5.91 Å². The molecule has 7 nitrogen and oxygen atoms in total. The second-order valence-electron chi connectivity index (χ2n) is 7.35. The lowest BCUT2D eigenvalue weighted by molar-refractivity contribution is -0.116. The molecule has 0 saturated carbocycles. The fraction of sp³-hybridized carbons (Fsp3) is 0.348. The second-order valence-corrected chi connectivity index (χ2v) is 7.35. The van der Waals surface area contributed by atoms with Gasteiger partial charge < -0.3 is 14.8 Å². The van der Waals surface area contributed by atoms with E-state index in [4.69, 9.17) is 9.47 Å². The molecular formula is C23H27FN4O3. The molecule has 1 aromatic heterocycles. The van der Waals surface area contributed by atoms with E-state index in [1.807, 2.05) is 20.8 Å². The molecular weight excluding hydrogens is 399 g/mol. The Kier molecular flexibility index (Phi) is 7.72. The van der Waals surface area contributed by atoms with Crippen molar-refractivity contribution in [3.8, 4) is 23.1 Å². The predicted octanol–water partition coefficient (Wildman–Crippen LogP) is 4.47. The Morgan fingerprint density at radius 3 is 2.55 bits per heavy atom. The van der Waals surface area contributed by atoms with Crippen LogP contribution in [-0.2, 0) is 9.53 Å². The van der Waals surface area contributed by atoms with Crippen LogP contribution in [0.25, 0.3) is 17.1 Å². The highest BCUT2D eigenvalue weighted by atomic mass is 19.1. The van der Waals surface area contributed by atoms with Gasteiger partial charge in [-0.1, -0.05) is 26.0 Å². The number of hydrogen-bond donors (Lipinski definition) is 1. The molecule has 0 bridgehead atoms. The normalized spacial score (nSPS) is 11.0. The van der Waals surface area contributed by atoms with Gasteiger partial charge >= 0.3 is 6.01 Å². The third kappa shape index (κ3) is 6.11. The van der Waals surface area contributed by atoms with Crippen LogP contribution in [0.5, 0.6) is 6.01 Å². The number of nitrogens with zero attached hydrogens (tertiary/aromatic N) is 3. The van der Waals surface area contributed by atoms with Gasteiger partial charge in [-0.2, -0.15) is 4.98 Å². The number of aromatic nitrogens is 3. The molecule has 31 heavy (non-hydrogen) atoms. The van der Waals surface area contributed by atoms with Crippen LogP contribution in [0.3, 0.4) is 0 Å². The second kappa shape index (κ2) is 10.7. The first-order chi connectivity index (χ1) is 15.0. The molecule has 1 heterocycles. The minimum atomic E-state index is -0.408. The lowest BCUT2D eigenvalue weighted by atomic mass is 10.1. The Morgan fingerprint density at radius 2 is 1.87 bits per heavy atom. The average molecular weight is 426 g/mol. The van der Waals surface area contributed by atoms with Crippen LogP contribution >= 0.6 is 0 Å². The Hall–Kier alpha value is -3.26. The van der Waals surface area contributed by atoms with Crippen LogP contribution in [0.15, 0.2) is 48.5 Å². The standard InChI is InChI=1S/C23H27FN4O3/c1-4-30-13-14-31-23-26-22(19-7-5-6-8-20(19)24)28(27-23)18-11-9-17(10-12-18)25-21(29)15-16(2)3/h5-12,16H,4,13-15H2,1-3H3,(H,25,29). The predicted molar refractivity (Wildman–Crippen MR) is 117 cm³/mol. The van der Waals surface area contributed by atoms with Gasteiger partial charge in [0.05, 0.1) is 17.9 Å². The van der Waals surface area contributed by atoms with E-state index in [0.29, 0.717) is 42.4 Å². The van der Waals surface area contributed by atoms with Crippen molar-refractivity contribution in [1.82, 2.24) is 14.8 Å². The number of amides is 1. The van der Waals surface area contributed by atoms with Gasteiger partial charge in [-0.25, -0.2) is 9.07 Å². The summed E-state index contributed by atoms with van der Waals surface area (Å²) in [5, 5.41) is 7.27. The zero-order valence-corrected chi connectivity index (χ0v) is 18.0. The quantitative estimate of drug-likeness (QED) is 0.484. The first-order valence-electron chi connectivity index (χ1n) is 10.3. The molecule has 3 aromatic rings. The first-order valence-corrected chi connectivity index (χ1v) is 10.3. The summed E-state index contributed by atoms with van der Waals surface area (Å²) < 4.78 is 26.8. The molecule has 0 aliphatic rings. The topological polar surface area (TPSA) is 78.3 Å². The van der Waals surface area contributed by atoms with Gasteiger partial charge in [-0.05, 0) is 49.2 Å². The van der Waals surface area contributed by atoms with Gasteiger partial charge in [-0.15, -0.1) is 5.10 Å². The smallest absolute Gasteiger partial charge is 0.336 e. The van der Waals surface area contributed by atoms with Crippen molar-refractivity contribution in [3.05, 3.63) is 54.3 Å². The van der Waals surface area contributed by atoms with Gasteiger partial charge in [0.1, 0.15) is 12.4 Å². The first kappa shape index (κ1) is 22.4. The Bertz CT molecular complexity index is 1000. The van der Waals surface area contributed by atoms with Gasteiger partial charge in [0.25, 0.3) is 0 Å². The van der Waals surface area contributed by atoms with E-state index in [9.17, 15) is 9.18 Å². The summed E-state index contributed by atoms with van der Waals surface area (Å²) in [4.78, 5) is 16.4. The lowest BCUT2D eigenvalue weighted by Gasteiger charge is -2.09.